The largest absolute Gasteiger partial charge is 0.394 e. The number of aliphatic hydroxyl groups excluding tert-OH is 1. The van der Waals surface area contributed by atoms with Crippen LogP contribution in [0.3, 0.4) is 0 Å². The minimum Gasteiger partial charge on any atom is -0.394 e. The lowest BCUT2D eigenvalue weighted by molar-refractivity contribution is 0.132. The highest BCUT2D eigenvalue weighted by molar-refractivity contribution is 6.30. The molecule has 2 nitrogen and oxygen atoms in total. The molecule has 0 aliphatic heterocycles. The predicted molar refractivity (Wildman–Crippen MR) is 80.5 cm³/mol. The number of benzene rings is 1. The van der Waals surface area contributed by atoms with Gasteiger partial charge in [0.15, 0.2) is 0 Å². The van der Waals surface area contributed by atoms with E-state index in [0.29, 0.717) is 6.04 Å². The normalized spacial score (nSPS) is 20.2. The van der Waals surface area contributed by atoms with E-state index in [2.05, 4.69) is 18.3 Å². The van der Waals surface area contributed by atoms with Crippen LogP contribution < -0.4 is 5.32 Å². The van der Waals surface area contributed by atoms with Crippen LogP contribution in [0.25, 0.3) is 0 Å². The minimum atomic E-state index is -0.354. The molecule has 1 aromatic carbocycles. The fourth-order valence-corrected chi connectivity index (χ4v) is 3.25. The van der Waals surface area contributed by atoms with E-state index in [0.717, 1.165) is 17.0 Å². The molecule has 0 spiro atoms. The van der Waals surface area contributed by atoms with Crippen molar-refractivity contribution in [2.45, 2.75) is 57.0 Å². The lowest BCUT2D eigenvalue weighted by Gasteiger charge is -2.38. The first-order valence-electron chi connectivity index (χ1n) is 7.35. The van der Waals surface area contributed by atoms with Gasteiger partial charge in [-0.05, 0) is 37.0 Å². The molecule has 1 aliphatic rings. The van der Waals surface area contributed by atoms with Gasteiger partial charge in [0.25, 0.3) is 0 Å². The van der Waals surface area contributed by atoms with Crippen molar-refractivity contribution in [2.24, 2.45) is 0 Å². The van der Waals surface area contributed by atoms with Gasteiger partial charge in [-0.25, -0.2) is 0 Å². The van der Waals surface area contributed by atoms with Crippen LogP contribution in [-0.2, 0) is 5.54 Å². The van der Waals surface area contributed by atoms with Crippen molar-refractivity contribution < 1.29 is 5.11 Å². The van der Waals surface area contributed by atoms with Gasteiger partial charge >= 0.3 is 0 Å². The molecular formula is C16H24ClNO. The van der Waals surface area contributed by atoms with Crippen LogP contribution in [0.2, 0.25) is 5.02 Å². The monoisotopic (exact) mass is 281 g/mol. The first-order chi connectivity index (χ1) is 9.20. The van der Waals surface area contributed by atoms with Gasteiger partial charge in [-0.15, -0.1) is 0 Å². The van der Waals surface area contributed by atoms with Crippen molar-refractivity contribution in [1.29, 1.82) is 0 Å². The zero-order chi connectivity index (χ0) is 13.7. The third-order valence-electron chi connectivity index (χ3n) is 4.34. The van der Waals surface area contributed by atoms with Crippen LogP contribution in [0, 0.1) is 0 Å². The zero-order valence-electron chi connectivity index (χ0n) is 11.7. The zero-order valence-corrected chi connectivity index (χ0v) is 12.4. The van der Waals surface area contributed by atoms with Gasteiger partial charge in [-0.2, -0.15) is 0 Å². The van der Waals surface area contributed by atoms with Gasteiger partial charge in [-0.3, -0.25) is 0 Å². The summed E-state index contributed by atoms with van der Waals surface area (Å²) >= 11 is 6.10. The standard InChI is InChI=1S/C16H24ClNO/c1-2-16(12-19,13-7-6-8-14(17)11-13)18-15-9-4-3-5-10-15/h6-8,11,15,18-19H,2-5,9-10,12H2,1H3. The number of hydrogen-bond donors (Lipinski definition) is 2. The van der Waals surface area contributed by atoms with E-state index < -0.39 is 0 Å². The Balaban J connectivity index is 2.20. The Morgan fingerprint density at radius 2 is 2.05 bits per heavy atom. The van der Waals surface area contributed by atoms with Crippen molar-refractivity contribution in [1.82, 2.24) is 5.32 Å². The highest BCUT2D eigenvalue weighted by atomic mass is 35.5. The fraction of sp³-hybridized carbons (Fsp3) is 0.625. The quantitative estimate of drug-likeness (QED) is 0.859. The first-order valence-corrected chi connectivity index (χ1v) is 7.72. The van der Waals surface area contributed by atoms with Crippen LogP contribution in [0.5, 0.6) is 0 Å². The molecule has 19 heavy (non-hydrogen) atoms. The van der Waals surface area contributed by atoms with Crippen LogP contribution in [0.15, 0.2) is 24.3 Å². The Morgan fingerprint density at radius 3 is 2.63 bits per heavy atom. The van der Waals surface area contributed by atoms with Crippen LogP contribution in [-0.4, -0.2) is 17.8 Å². The van der Waals surface area contributed by atoms with Crippen molar-refractivity contribution in [2.75, 3.05) is 6.61 Å². The summed E-state index contributed by atoms with van der Waals surface area (Å²) in [6, 6.07) is 8.38. The summed E-state index contributed by atoms with van der Waals surface area (Å²) in [6.07, 6.45) is 7.20. The number of hydrogen-bond acceptors (Lipinski definition) is 2. The maximum absolute atomic E-state index is 9.95. The van der Waals surface area contributed by atoms with Crippen LogP contribution in [0.1, 0.15) is 51.0 Å². The second-order valence-electron chi connectivity index (χ2n) is 5.58. The molecule has 2 N–H and O–H groups in total. The van der Waals surface area contributed by atoms with Gasteiger partial charge in [0, 0.05) is 11.1 Å². The molecule has 0 saturated heterocycles. The lowest BCUT2D eigenvalue weighted by Crippen LogP contribution is -2.50. The molecule has 1 aliphatic carbocycles. The van der Waals surface area contributed by atoms with E-state index in [1.165, 1.54) is 32.1 Å². The smallest absolute Gasteiger partial charge is 0.0669 e. The number of aliphatic hydroxyl groups is 1. The molecule has 1 unspecified atom stereocenters. The number of halogens is 1. The molecule has 0 bridgehead atoms. The van der Waals surface area contributed by atoms with Crippen molar-refractivity contribution in [3.8, 4) is 0 Å². The van der Waals surface area contributed by atoms with E-state index in [1.54, 1.807) is 0 Å². The van der Waals surface area contributed by atoms with E-state index in [1.807, 2.05) is 18.2 Å². The highest BCUT2D eigenvalue weighted by Gasteiger charge is 2.32. The second-order valence-corrected chi connectivity index (χ2v) is 6.02. The summed E-state index contributed by atoms with van der Waals surface area (Å²) in [6.45, 7) is 2.23. The summed E-state index contributed by atoms with van der Waals surface area (Å²) in [5.74, 6) is 0. The summed E-state index contributed by atoms with van der Waals surface area (Å²) in [5, 5.41) is 14.4. The molecule has 1 saturated carbocycles. The van der Waals surface area contributed by atoms with Crippen LogP contribution >= 0.6 is 11.6 Å². The Labute approximate surface area is 121 Å². The third-order valence-corrected chi connectivity index (χ3v) is 4.57. The Kier molecular flexibility index (Phi) is 5.26. The van der Waals surface area contributed by atoms with E-state index in [-0.39, 0.29) is 12.1 Å². The second kappa shape index (κ2) is 6.74. The molecule has 1 aromatic rings. The molecule has 0 amide bonds. The summed E-state index contributed by atoms with van der Waals surface area (Å²) in [5.41, 5.74) is 0.739. The maximum Gasteiger partial charge on any atom is 0.0669 e. The topological polar surface area (TPSA) is 32.3 Å². The molecule has 2 rings (SSSR count). The molecule has 1 atom stereocenters. The average molecular weight is 282 g/mol. The molecule has 106 valence electrons. The average Bonchev–Trinajstić information content (AvgIpc) is 2.46. The minimum absolute atomic E-state index is 0.111. The maximum atomic E-state index is 9.95. The summed E-state index contributed by atoms with van der Waals surface area (Å²) in [4.78, 5) is 0. The molecule has 3 heteroatoms. The Bertz CT molecular complexity index is 397. The fourth-order valence-electron chi connectivity index (χ4n) is 3.06. The molecule has 0 aromatic heterocycles. The van der Waals surface area contributed by atoms with Crippen LogP contribution in [0.4, 0.5) is 0 Å². The number of rotatable bonds is 5. The molecule has 0 radical (unpaired) electrons. The lowest BCUT2D eigenvalue weighted by atomic mass is 9.85. The van der Waals surface area contributed by atoms with Gasteiger partial charge < -0.3 is 10.4 Å². The summed E-state index contributed by atoms with van der Waals surface area (Å²) < 4.78 is 0. The van der Waals surface area contributed by atoms with Gasteiger partial charge in [0.1, 0.15) is 0 Å². The molecule has 1 fully saturated rings. The van der Waals surface area contributed by atoms with Crippen molar-refractivity contribution in [3.63, 3.8) is 0 Å². The predicted octanol–water partition coefficient (Wildman–Crippen LogP) is 3.86. The molecular weight excluding hydrogens is 258 g/mol. The van der Waals surface area contributed by atoms with Gasteiger partial charge in [-0.1, -0.05) is 49.9 Å². The van der Waals surface area contributed by atoms with Crippen molar-refractivity contribution >= 4 is 11.6 Å². The SMILES string of the molecule is CCC(CO)(NC1CCCCC1)c1cccc(Cl)c1. The Hall–Kier alpha value is -0.570. The Morgan fingerprint density at radius 1 is 1.32 bits per heavy atom. The highest BCUT2D eigenvalue weighted by Crippen LogP contribution is 2.30. The van der Waals surface area contributed by atoms with E-state index in [9.17, 15) is 5.11 Å². The van der Waals surface area contributed by atoms with E-state index in [4.69, 9.17) is 11.6 Å². The number of nitrogens with one attached hydrogen (secondary N) is 1. The van der Waals surface area contributed by atoms with Gasteiger partial charge in [0.05, 0.1) is 12.1 Å². The first kappa shape index (κ1) is 14.8. The van der Waals surface area contributed by atoms with Gasteiger partial charge in [0.2, 0.25) is 0 Å². The third kappa shape index (κ3) is 3.50. The van der Waals surface area contributed by atoms with Crippen molar-refractivity contribution in [3.05, 3.63) is 34.9 Å². The molecule has 0 heterocycles. The summed E-state index contributed by atoms with van der Waals surface area (Å²) in [7, 11) is 0. The van der Waals surface area contributed by atoms with E-state index >= 15 is 0 Å².